The summed E-state index contributed by atoms with van der Waals surface area (Å²) in [6.45, 7) is -0.324. The number of rotatable bonds is 4. The molecule has 0 unspecified atom stereocenters. The zero-order valence-electron chi connectivity index (χ0n) is 7.99. The highest BCUT2D eigenvalue weighted by atomic mass is 16.5. The van der Waals surface area contributed by atoms with Crippen molar-refractivity contribution in [2.45, 2.75) is 6.42 Å². The average Bonchev–Trinajstić information content (AvgIpc) is 2.19. The van der Waals surface area contributed by atoms with E-state index in [0.29, 0.717) is 0 Å². The fraction of sp³-hybridized carbons (Fsp3) is 0.300. The molecule has 0 aliphatic heterocycles. The van der Waals surface area contributed by atoms with Gasteiger partial charge in [0.1, 0.15) is 12.5 Å². The van der Waals surface area contributed by atoms with Gasteiger partial charge in [0.05, 0.1) is 13.5 Å². The summed E-state index contributed by atoms with van der Waals surface area (Å²) in [4.78, 5) is 11.1. The minimum atomic E-state index is -0.324. The molecule has 1 rings (SSSR count). The summed E-state index contributed by atoms with van der Waals surface area (Å²) in [5, 5.41) is 10.8. The molecule has 0 fully saturated rings. The van der Waals surface area contributed by atoms with E-state index in [1.165, 1.54) is 0 Å². The van der Waals surface area contributed by atoms with Crippen LogP contribution in [0.1, 0.15) is 5.56 Å². The second kappa shape index (κ2) is 5.24. The molecule has 0 saturated heterocycles. The lowest BCUT2D eigenvalue weighted by molar-refractivity contribution is -0.121. The molecule has 0 heterocycles. The molecule has 0 atom stereocenters. The molecule has 1 aromatic carbocycles. The van der Waals surface area contributed by atoms with Crippen LogP contribution in [-0.4, -0.2) is 24.9 Å². The van der Waals surface area contributed by atoms with Gasteiger partial charge < -0.3 is 15.2 Å². The fourth-order valence-corrected chi connectivity index (χ4v) is 1.08. The number of aliphatic hydroxyl groups excluding tert-OH is 1. The summed E-state index contributed by atoms with van der Waals surface area (Å²) in [6.07, 6.45) is 0.268. The van der Waals surface area contributed by atoms with Gasteiger partial charge in [-0.2, -0.15) is 0 Å². The zero-order valence-corrected chi connectivity index (χ0v) is 7.99. The van der Waals surface area contributed by atoms with Gasteiger partial charge in [-0.15, -0.1) is 0 Å². The summed E-state index contributed by atoms with van der Waals surface area (Å²) in [6, 6.07) is 7.22. The summed E-state index contributed by atoms with van der Waals surface area (Å²) in [5.41, 5.74) is 0.886. The van der Waals surface area contributed by atoms with Gasteiger partial charge in [0.25, 0.3) is 0 Å². The Morgan fingerprint density at radius 2 is 2.07 bits per heavy atom. The molecule has 2 N–H and O–H groups in total. The first-order valence-corrected chi connectivity index (χ1v) is 4.26. The first-order valence-electron chi connectivity index (χ1n) is 4.26. The van der Waals surface area contributed by atoms with E-state index >= 15 is 0 Å². The maximum Gasteiger partial charge on any atom is 0.226 e. The molecule has 0 bridgehead atoms. The number of amides is 1. The highest BCUT2D eigenvalue weighted by molar-refractivity contribution is 5.78. The Balaban J connectivity index is 2.55. The van der Waals surface area contributed by atoms with Crippen molar-refractivity contribution in [2.75, 3.05) is 13.8 Å². The Hall–Kier alpha value is -1.55. The van der Waals surface area contributed by atoms with Gasteiger partial charge in [-0.1, -0.05) is 12.1 Å². The molecule has 0 radical (unpaired) electrons. The molecular formula is C10H13NO3. The zero-order chi connectivity index (χ0) is 10.4. The van der Waals surface area contributed by atoms with Crippen molar-refractivity contribution in [2.24, 2.45) is 0 Å². The van der Waals surface area contributed by atoms with E-state index in [2.05, 4.69) is 5.32 Å². The summed E-state index contributed by atoms with van der Waals surface area (Å²) in [5.74, 6) is 0.564. The van der Waals surface area contributed by atoms with Crippen LogP contribution in [-0.2, 0) is 11.2 Å². The largest absolute Gasteiger partial charge is 0.497 e. The van der Waals surface area contributed by atoms with Crippen LogP contribution in [0.25, 0.3) is 0 Å². The molecule has 76 valence electrons. The topological polar surface area (TPSA) is 58.6 Å². The minimum Gasteiger partial charge on any atom is -0.497 e. The number of hydrogen-bond acceptors (Lipinski definition) is 3. The average molecular weight is 195 g/mol. The molecule has 14 heavy (non-hydrogen) atoms. The van der Waals surface area contributed by atoms with Gasteiger partial charge in [0.15, 0.2) is 0 Å². The van der Waals surface area contributed by atoms with Crippen LogP contribution in [0.2, 0.25) is 0 Å². The van der Waals surface area contributed by atoms with Crippen LogP contribution < -0.4 is 10.1 Å². The standard InChI is InChI=1S/C10H13NO3/c1-14-9-4-2-8(3-5-9)6-10(13)11-7-12/h2-5,12H,6-7H2,1H3,(H,11,13). The molecular weight excluding hydrogens is 182 g/mol. The monoisotopic (exact) mass is 195 g/mol. The Morgan fingerprint density at radius 3 is 2.57 bits per heavy atom. The Morgan fingerprint density at radius 1 is 1.43 bits per heavy atom. The van der Waals surface area contributed by atoms with Crippen molar-refractivity contribution in [3.63, 3.8) is 0 Å². The van der Waals surface area contributed by atoms with E-state index in [-0.39, 0.29) is 19.1 Å². The van der Waals surface area contributed by atoms with E-state index in [0.717, 1.165) is 11.3 Å². The van der Waals surface area contributed by atoms with Crippen LogP contribution in [0.15, 0.2) is 24.3 Å². The van der Waals surface area contributed by atoms with Gasteiger partial charge in [-0.3, -0.25) is 4.79 Å². The Kier molecular flexibility index (Phi) is 3.94. The fourth-order valence-electron chi connectivity index (χ4n) is 1.08. The molecule has 1 amide bonds. The Labute approximate surface area is 82.5 Å². The lowest BCUT2D eigenvalue weighted by Crippen LogP contribution is -2.25. The second-order valence-electron chi connectivity index (χ2n) is 2.78. The summed E-state index contributed by atoms with van der Waals surface area (Å²) >= 11 is 0. The third kappa shape index (κ3) is 3.06. The number of benzene rings is 1. The lowest BCUT2D eigenvalue weighted by Gasteiger charge is -2.03. The first kappa shape index (κ1) is 10.5. The van der Waals surface area contributed by atoms with Crippen molar-refractivity contribution >= 4 is 5.91 Å². The number of carbonyl (C=O) groups is 1. The highest BCUT2D eigenvalue weighted by Gasteiger charge is 2.01. The minimum absolute atomic E-state index is 0.197. The molecule has 0 saturated carbocycles. The molecule has 0 spiro atoms. The highest BCUT2D eigenvalue weighted by Crippen LogP contribution is 2.11. The maximum absolute atomic E-state index is 11.1. The number of methoxy groups -OCH3 is 1. The molecule has 0 aliphatic carbocycles. The van der Waals surface area contributed by atoms with E-state index in [4.69, 9.17) is 9.84 Å². The number of carbonyl (C=O) groups excluding carboxylic acids is 1. The normalized spacial score (nSPS) is 9.57. The Bertz CT molecular complexity index is 295. The van der Waals surface area contributed by atoms with Crippen LogP contribution in [0.4, 0.5) is 0 Å². The quantitative estimate of drug-likeness (QED) is 0.679. The predicted molar refractivity (Wildman–Crippen MR) is 51.9 cm³/mol. The van der Waals surface area contributed by atoms with Crippen molar-refractivity contribution < 1.29 is 14.6 Å². The van der Waals surface area contributed by atoms with Crippen molar-refractivity contribution in [3.8, 4) is 5.75 Å². The number of nitrogens with one attached hydrogen (secondary N) is 1. The van der Waals surface area contributed by atoms with E-state index in [9.17, 15) is 4.79 Å². The van der Waals surface area contributed by atoms with Gasteiger partial charge in [-0.25, -0.2) is 0 Å². The molecule has 0 aromatic heterocycles. The molecule has 4 heteroatoms. The third-order valence-electron chi connectivity index (χ3n) is 1.80. The lowest BCUT2D eigenvalue weighted by atomic mass is 10.1. The smallest absolute Gasteiger partial charge is 0.226 e. The van der Waals surface area contributed by atoms with E-state index in [1.54, 1.807) is 19.2 Å². The van der Waals surface area contributed by atoms with E-state index < -0.39 is 0 Å². The van der Waals surface area contributed by atoms with Crippen LogP contribution in [0.3, 0.4) is 0 Å². The van der Waals surface area contributed by atoms with Crippen molar-refractivity contribution in [1.29, 1.82) is 0 Å². The van der Waals surface area contributed by atoms with Crippen LogP contribution >= 0.6 is 0 Å². The third-order valence-corrected chi connectivity index (χ3v) is 1.80. The molecule has 1 aromatic rings. The number of hydrogen-bond donors (Lipinski definition) is 2. The van der Waals surface area contributed by atoms with E-state index in [1.807, 2.05) is 12.1 Å². The summed E-state index contributed by atoms with van der Waals surface area (Å²) < 4.78 is 4.98. The predicted octanol–water partition coefficient (Wildman–Crippen LogP) is 0.304. The number of aliphatic hydroxyl groups is 1. The number of ether oxygens (including phenoxy) is 1. The second-order valence-corrected chi connectivity index (χ2v) is 2.78. The summed E-state index contributed by atoms with van der Waals surface area (Å²) in [7, 11) is 1.59. The molecule has 4 nitrogen and oxygen atoms in total. The van der Waals surface area contributed by atoms with Gasteiger partial charge >= 0.3 is 0 Å². The van der Waals surface area contributed by atoms with Gasteiger partial charge in [0.2, 0.25) is 5.91 Å². The molecule has 0 aliphatic rings. The van der Waals surface area contributed by atoms with Crippen molar-refractivity contribution in [1.82, 2.24) is 5.32 Å². The van der Waals surface area contributed by atoms with Crippen LogP contribution in [0.5, 0.6) is 5.75 Å². The SMILES string of the molecule is COc1ccc(CC(=O)NCO)cc1. The van der Waals surface area contributed by atoms with Gasteiger partial charge in [-0.05, 0) is 17.7 Å². The maximum atomic E-state index is 11.1. The van der Waals surface area contributed by atoms with Crippen LogP contribution in [0, 0.1) is 0 Å². The first-order chi connectivity index (χ1) is 6.76. The van der Waals surface area contributed by atoms with Gasteiger partial charge in [0, 0.05) is 0 Å². The van der Waals surface area contributed by atoms with Crippen molar-refractivity contribution in [3.05, 3.63) is 29.8 Å².